The molecule has 7 rings (SSSR count). The molecule has 1 atom stereocenters. The molecular weight excluding hydrogens is 584 g/mol. The molecule has 5 aromatic rings. The van der Waals surface area contributed by atoms with Crippen molar-refractivity contribution >= 4 is 66.3 Å². The number of benzene rings is 5. The van der Waals surface area contributed by atoms with E-state index in [9.17, 15) is 29.7 Å². The molecule has 9 heteroatoms. The Morgan fingerprint density at radius 2 is 1.48 bits per heavy atom. The molecule has 0 aromatic heterocycles. The van der Waals surface area contributed by atoms with Crippen molar-refractivity contribution < 1.29 is 24.9 Å². The van der Waals surface area contributed by atoms with E-state index in [2.05, 4.69) is 24.5 Å². The summed E-state index contributed by atoms with van der Waals surface area (Å²) in [5, 5.41) is 44.1. The number of rotatable bonds is 8. The summed E-state index contributed by atoms with van der Waals surface area (Å²) in [6.45, 7) is 7.30. The van der Waals surface area contributed by atoms with Crippen molar-refractivity contribution in [3.8, 4) is 11.5 Å². The van der Waals surface area contributed by atoms with Crippen molar-refractivity contribution in [3.05, 3.63) is 60.4 Å². The molecule has 0 radical (unpaired) electrons. The van der Waals surface area contributed by atoms with Gasteiger partial charge >= 0.3 is 0 Å². The van der Waals surface area contributed by atoms with Crippen LogP contribution in [0.4, 0.5) is 11.4 Å². The van der Waals surface area contributed by atoms with E-state index in [1.807, 2.05) is 13.0 Å². The number of methoxy groups -OCH3 is 1. The molecule has 5 aromatic carbocycles. The minimum Gasteiger partial charge on any atom is -0.504 e. The van der Waals surface area contributed by atoms with Gasteiger partial charge in [0, 0.05) is 33.8 Å². The third-order valence-corrected chi connectivity index (χ3v) is 10.3. The van der Waals surface area contributed by atoms with Crippen LogP contribution in [0.2, 0.25) is 0 Å². The van der Waals surface area contributed by atoms with Gasteiger partial charge < -0.3 is 30.7 Å². The molecule has 0 bridgehead atoms. The number of hydrogen-bond donors (Lipinski definition) is 5. The average molecular weight is 623 g/mol. The van der Waals surface area contributed by atoms with E-state index in [-0.39, 0.29) is 33.6 Å². The first-order valence-electron chi connectivity index (χ1n) is 16.0. The highest BCUT2D eigenvalue weighted by molar-refractivity contribution is 6.40. The maximum absolute atomic E-state index is 14.3. The zero-order chi connectivity index (χ0) is 32.8. The Balaban J connectivity index is 1.89. The lowest BCUT2D eigenvalue weighted by atomic mass is 9.78. The van der Waals surface area contributed by atoms with Gasteiger partial charge in [-0.1, -0.05) is 38.3 Å². The third-order valence-electron chi connectivity index (χ3n) is 10.3. The Labute approximate surface area is 265 Å². The molecule has 2 aliphatic rings. The zero-order valence-corrected chi connectivity index (χ0v) is 26.7. The van der Waals surface area contributed by atoms with Crippen molar-refractivity contribution in [1.29, 1.82) is 0 Å². The SMILES string of the molecule is CCCC1(CCC)CNc2c(c3c(=O)cc(CO)c4c5c(CO)cc(=O)c6c(O)c(OC)c7c(c(c2C=C(C)C7C(C)=O)c34)c65)N1. The van der Waals surface area contributed by atoms with Gasteiger partial charge in [0.2, 0.25) is 0 Å². The van der Waals surface area contributed by atoms with Gasteiger partial charge in [-0.2, -0.15) is 0 Å². The van der Waals surface area contributed by atoms with Crippen LogP contribution in [0, 0.1) is 0 Å². The topological polar surface area (TPSA) is 145 Å². The van der Waals surface area contributed by atoms with Crippen LogP contribution in [-0.2, 0) is 18.0 Å². The number of anilines is 2. The summed E-state index contributed by atoms with van der Waals surface area (Å²) in [7, 11) is 1.39. The molecule has 1 heterocycles. The lowest BCUT2D eigenvalue weighted by molar-refractivity contribution is -0.117. The first-order chi connectivity index (χ1) is 22.1. The molecular formula is C37H38N2O7. The highest BCUT2D eigenvalue weighted by atomic mass is 16.5. The summed E-state index contributed by atoms with van der Waals surface area (Å²) >= 11 is 0. The van der Waals surface area contributed by atoms with E-state index in [0.717, 1.165) is 36.9 Å². The van der Waals surface area contributed by atoms with E-state index in [1.54, 1.807) is 0 Å². The van der Waals surface area contributed by atoms with E-state index >= 15 is 0 Å². The van der Waals surface area contributed by atoms with Crippen LogP contribution >= 0.6 is 0 Å². The largest absolute Gasteiger partial charge is 0.504 e. The van der Waals surface area contributed by atoms with Crippen LogP contribution in [0.5, 0.6) is 11.5 Å². The Hall–Kier alpha value is -4.47. The maximum atomic E-state index is 14.3. The normalized spacial score (nSPS) is 16.9. The first-order valence-corrected chi connectivity index (χ1v) is 16.0. The minimum absolute atomic E-state index is 0.00166. The van der Waals surface area contributed by atoms with E-state index in [1.165, 1.54) is 26.2 Å². The molecule has 46 heavy (non-hydrogen) atoms. The van der Waals surface area contributed by atoms with E-state index in [4.69, 9.17) is 4.74 Å². The number of phenols is 1. The predicted octanol–water partition coefficient (Wildman–Crippen LogP) is 5.86. The van der Waals surface area contributed by atoms with Crippen LogP contribution < -0.4 is 26.2 Å². The molecule has 1 unspecified atom stereocenters. The van der Waals surface area contributed by atoms with Crippen LogP contribution in [0.15, 0.2) is 27.3 Å². The van der Waals surface area contributed by atoms with Gasteiger partial charge in [-0.05, 0) is 66.1 Å². The number of carbonyl (C=O) groups is 1. The van der Waals surface area contributed by atoms with Gasteiger partial charge in [-0.25, -0.2) is 0 Å². The number of hydrogen-bond acceptors (Lipinski definition) is 9. The maximum Gasteiger partial charge on any atom is 0.190 e. The highest BCUT2D eigenvalue weighted by Crippen LogP contribution is 2.57. The summed E-state index contributed by atoms with van der Waals surface area (Å²) in [5.41, 5.74) is 2.82. The highest BCUT2D eigenvalue weighted by Gasteiger charge is 2.40. The number of ether oxygens (including phenoxy) is 1. The molecule has 0 spiro atoms. The number of aromatic hydroxyl groups is 1. The van der Waals surface area contributed by atoms with Crippen LogP contribution in [-0.4, -0.2) is 40.3 Å². The van der Waals surface area contributed by atoms with Gasteiger partial charge in [0.25, 0.3) is 0 Å². The van der Waals surface area contributed by atoms with Gasteiger partial charge in [0.05, 0.1) is 53.9 Å². The summed E-state index contributed by atoms with van der Waals surface area (Å²) in [4.78, 5) is 41.5. The molecule has 0 amide bonds. The Morgan fingerprint density at radius 1 is 0.891 bits per heavy atom. The predicted molar refractivity (Wildman–Crippen MR) is 183 cm³/mol. The number of fused-ring (bicyclic) bond motifs is 4. The fraction of sp³-hybridized carbons (Fsp3) is 0.378. The third kappa shape index (κ3) is 3.78. The molecule has 0 saturated heterocycles. The second-order valence-corrected chi connectivity index (χ2v) is 13.0. The summed E-state index contributed by atoms with van der Waals surface area (Å²) in [6.07, 6.45) is 5.60. The molecule has 1 aliphatic carbocycles. The number of aliphatic hydroxyl groups is 2. The van der Waals surface area contributed by atoms with Crippen LogP contribution in [0.25, 0.3) is 49.2 Å². The van der Waals surface area contributed by atoms with E-state index < -0.39 is 24.6 Å². The van der Waals surface area contributed by atoms with Crippen molar-refractivity contribution in [1.82, 2.24) is 0 Å². The molecule has 0 saturated carbocycles. The zero-order valence-electron chi connectivity index (χ0n) is 26.7. The Morgan fingerprint density at radius 3 is 2.02 bits per heavy atom. The van der Waals surface area contributed by atoms with Crippen molar-refractivity contribution in [2.24, 2.45) is 0 Å². The number of aliphatic hydroxyl groups excluding tert-OH is 2. The van der Waals surface area contributed by atoms with E-state index in [0.29, 0.717) is 72.2 Å². The molecule has 5 N–H and O–H groups in total. The summed E-state index contributed by atoms with van der Waals surface area (Å²) in [6, 6.07) is 2.73. The van der Waals surface area contributed by atoms with Crippen LogP contribution in [0.3, 0.4) is 0 Å². The lowest BCUT2D eigenvalue weighted by Gasteiger charge is -2.42. The smallest absolute Gasteiger partial charge is 0.190 e. The van der Waals surface area contributed by atoms with Gasteiger partial charge in [0.1, 0.15) is 5.78 Å². The Kier molecular flexibility index (Phi) is 6.92. The fourth-order valence-electron chi connectivity index (χ4n) is 8.70. The number of carbonyl (C=O) groups excluding carboxylic acids is 1. The second kappa shape index (κ2) is 10.5. The molecule has 238 valence electrons. The van der Waals surface area contributed by atoms with Gasteiger partial charge in [-0.15, -0.1) is 0 Å². The first kappa shape index (κ1) is 30.2. The number of ketones is 1. The summed E-state index contributed by atoms with van der Waals surface area (Å²) < 4.78 is 5.81. The van der Waals surface area contributed by atoms with Gasteiger partial charge in [0.15, 0.2) is 22.4 Å². The monoisotopic (exact) mass is 622 g/mol. The number of phenolic OH excluding ortho intramolecular Hbond substituents is 1. The van der Waals surface area contributed by atoms with Gasteiger partial charge in [-0.3, -0.25) is 14.4 Å². The number of allylic oxidation sites excluding steroid dienone is 1. The average Bonchev–Trinajstić information content (AvgIpc) is 3.15. The quantitative estimate of drug-likeness (QED) is 0.106. The molecule has 0 fully saturated rings. The Bertz CT molecular complexity index is 2270. The minimum atomic E-state index is -0.829. The molecule has 9 nitrogen and oxygen atoms in total. The van der Waals surface area contributed by atoms with Crippen molar-refractivity contribution in [2.75, 3.05) is 24.3 Å². The lowest BCUT2D eigenvalue weighted by Crippen LogP contribution is -2.48. The number of Topliss-reactive ketones (excluding diaryl/α,β-unsaturated/α-hetero) is 1. The number of nitrogens with one attached hydrogen (secondary N) is 2. The van der Waals surface area contributed by atoms with Crippen LogP contribution in [0.1, 0.15) is 81.5 Å². The van der Waals surface area contributed by atoms with Crippen molar-refractivity contribution in [2.45, 2.75) is 78.0 Å². The standard InChI is InChI=1S/C37H38N2O7/c1-6-8-37(9-7-2)15-38-33-20-10-16(3)23(17(4)42)32-31-26(20)29-24(18(13-40)11-21(43)27(29)34(33)39-37)25-19(14-41)12-22(44)28(30(25)31)35(45)36(32)46-5/h10-12,23,38-41,45H,6-9,13-15H2,1-5H3. The fourth-order valence-corrected chi connectivity index (χ4v) is 8.70. The molecule has 1 aliphatic heterocycles. The summed E-state index contributed by atoms with van der Waals surface area (Å²) in [5.74, 6) is -1.38. The van der Waals surface area contributed by atoms with Crippen molar-refractivity contribution in [3.63, 3.8) is 0 Å². The second-order valence-electron chi connectivity index (χ2n) is 13.0.